The predicted molar refractivity (Wildman–Crippen MR) is 390 cm³/mol. The SMILES string of the molecule is Cc1ccc2sc(Cn3nc(CC(=O)O)c4cscc4c3=O)nc2c1.Cc1ccc2sc(Cn3nc(CC(=O)O)c4cscc4c3=O)nc2c1.O=C(O)Cc1nn(Cc2nc3cc(Cl)ccc3s2)c(=O)c2cscc12.O=C(O)Cc1nn(Cc2nc3ccccc3s2)c(=O)c2cscc12. The molecule has 12 aromatic heterocycles. The molecule has 24 nitrogen and oxygen atoms in total. The normalized spacial score (nSPS) is 11.4. The number of carbonyl (C=O) groups is 4. The molecule has 0 aliphatic rings. The first-order valence-electron chi connectivity index (χ1n) is 29.5. The van der Waals surface area contributed by atoms with E-state index < -0.39 is 23.9 Å². The molecule has 0 radical (unpaired) electrons. The minimum Gasteiger partial charge on any atom is -0.481 e. The Balaban J connectivity index is 0.000000119. The number of halogens is 1. The molecule has 0 aliphatic heterocycles. The van der Waals surface area contributed by atoms with Gasteiger partial charge in [0.05, 0.1) is 137 Å². The van der Waals surface area contributed by atoms with Crippen LogP contribution in [-0.2, 0) is 71.0 Å². The monoisotopic (exact) mass is 1490 g/mol. The quantitative estimate of drug-likeness (QED) is 0.0698. The van der Waals surface area contributed by atoms with Gasteiger partial charge in [-0.3, -0.25) is 38.4 Å². The summed E-state index contributed by atoms with van der Waals surface area (Å²) in [6.07, 6.45) is -0.880. The molecule has 12 heterocycles. The summed E-state index contributed by atoms with van der Waals surface area (Å²) in [5.74, 6) is -3.90. The fourth-order valence-corrected chi connectivity index (χ4v) is 17.9. The molecule has 4 N–H and O–H groups in total. The van der Waals surface area contributed by atoms with Gasteiger partial charge in [0, 0.05) is 69.6 Å². The number of aromatic nitrogens is 12. The first-order valence-corrected chi connectivity index (χ1v) is 36.9. The molecule has 0 bridgehead atoms. The number of nitrogens with zero attached hydrogens (tertiary/aromatic N) is 12. The van der Waals surface area contributed by atoms with Crippen LogP contribution in [0.4, 0.5) is 0 Å². The molecule has 0 atom stereocenters. The number of hydrogen-bond acceptors (Lipinski definition) is 24. The van der Waals surface area contributed by atoms with Crippen LogP contribution in [0.5, 0.6) is 0 Å². The molecular formula is C66H47ClN12O12S8. The van der Waals surface area contributed by atoms with Gasteiger partial charge in [-0.25, -0.2) is 38.7 Å². The maximum absolute atomic E-state index is 12.6. The minimum absolute atomic E-state index is 0.189. The van der Waals surface area contributed by atoms with Crippen molar-refractivity contribution in [1.29, 1.82) is 0 Å². The van der Waals surface area contributed by atoms with E-state index >= 15 is 0 Å². The lowest BCUT2D eigenvalue weighted by Gasteiger charge is -2.06. The first-order chi connectivity index (χ1) is 47.6. The summed E-state index contributed by atoms with van der Waals surface area (Å²) < 4.78 is 9.35. The van der Waals surface area contributed by atoms with E-state index in [1.165, 1.54) is 109 Å². The van der Waals surface area contributed by atoms with E-state index in [0.717, 1.165) is 67.0 Å². The number of hydrogen-bond donors (Lipinski definition) is 4. The Morgan fingerprint density at radius 1 is 0.364 bits per heavy atom. The van der Waals surface area contributed by atoms with Gasteiger partial charge in [0.1, 0.15) is 20.0 Å². The van der Waals surface area contributed by atoms with Crippen LogP contribution >= 0.6 is 102 Å². The summed E-state index contributed by atoms with van der Waals surface area (Å²) >= 11 is 17.4. The maximum Gasteiger partial charge on any atom is 0.309 e. The number of aryl methyl sites for hydroxylation is 2. The van der Waals surface area contributed by atoms with Gasteiger partial charge in [0.25, 0.3) is 22.2 Å². The largest absolute Gasteiger partial charge is 0.481 e. The van der Waals surface area contributed by atoms with E-state index in [0.29, 0.717) is 75.9 Å². The Labute approximate surface area is 592 Å². The van der Waals surface area contributed by atoms with E-state index in [4.69, 9.17) is 32.0 Å². The number of fused-ring (bicyclic) bond motifs is 8. The van der Waals surface area contributed by atoms with Gasteiger partial charge in [0.2, 0.25) is 0 Å². The highest BCUT2D eigenvalue weighted by Gasteiger charge is 2.21. The van der Waals surface area contributed by atoms with Gasteiger partial charge < -0.3 is 20.4 Å². The highest BCUT2D eigenvalue weighted by molar-refractivity contribution is 7.19. The zero-order valence-electron chi connectivity index (χ0n) is 51.3. The van der Waals surface area contributed by atoms with Crippen molar-refractivity contribution >= 4 is 210 Å². The van der Waals surface area contributed by atoms with Crippen LogP contribution in [0, 0.1) is 13.8 Å². The number of carboxylic acids is 4. The second-order valence-corrected chi connectivity index (χ2v) is 30.0. The lowest BCUT2D eigenvalue weighted by Crippen LogP contribution is -2.25. The Bertz CT molecular complexity index is 5650. The molecule has 0 saturated carbocycles. The molecule has 0 unspecified atom stereocenters. The number of carboxylic acid groups (broad SMARTS) is 4. The number of thiophene rings is 4. The van der Waals surface area contributed by atoms with E-state index in [-0.39, 0.29) is 74.1 Å². The van der Waals surface area contributed by atoms with Crippen molar-refractivity contribution in [2.45, 2.75) is 65.7 Å². The van der Waals surface area contributed by atoms with Crippen molar-refractivity contribution in [1.82, 2.24) is 59.1 Å². The molecule has 0 saturated heterocycles. The van der Waals surface area contributed by atoms with Crippen molar-refractivity contribution in [3.8, 4) is 0 Å². The van der Waals surface area contributed by atoms with Crippen LogP contribution in [-0.4, -0.2) is 103 Å². The standard InChI is InChI=1S/2C17H13N3O3S2.C16H10ClN3O3S2.C16H11N3O3S2/c2*1-9-2-3-14-13(4-9)18-15(25-14)6-20-17(23)11-8-24-7-10(11)12(19-20)5-16(21)22;17-8-1-2-13-12(3-8)18-14(25-13)5-20-16(23)10-7-24-6-9(10)11(19-20)4-15(21)22;20-15(21)5-12-9-7-23-8-10(9)16(22)19(18-12)6-14-17-11-3-1-2-4-13(11)24-14/h2*2-4,7-8H,5-6H2,1H3,(H,21,22);1-3,6-7H,4-5H2,(H,21,22);1-4,7-8H,5-6H2,(H,20,21). The fourth-order valence-electron chi connectivity index (χ4n) is 10.6. The third-order valence-corrected chi connectivity index (χ3v) is 22.3. The summed E-state index contributed by atoms with van der Waals surface area (Å²) in [4.78, 5) is 113. The summed E-state index contributed by atoms with van der Waals surface area (Å²) in [5.41, 5.74) is 6.38. The van der Waals surface area contributed by atoms with Crippen molar-refractivity contribution < 1.29 is 39.6 Å². The number of para-hydroxylation sites is 1. The highest BCUT2D eigenvalue weighted by atomic mass is 35.5. The summed E-state index contributed by atoms with van der Waals surface area (Å²) in [5, 5.41) is 75.6. The van der Waals surface area contributed by atoms with Crippen LogP contribution in [0.2, 0.25) is 5.02 Å². The Morgan fingerprint density at radius 3 is 0.949 bits per heavy atom. The fraction of sp³-hybridized carbons (Fsp3) is 0.152. The zero-order chi connectivity index (χ0) is 69.3. The molecule has 33 heteroatoms. The van der Waals surface area contributed by atoms with E-state index in [2.05, 4.69) is 40.3 Å². The molecule has 16 rings (SSSR count). The van der Waals surface area contributed by atoms with Gasteiger partial charge in [-0.15, -0.1) is 45.3 Å². The van der Waals surface area contributed by atoms with E-state index in [1.54, 1.807) is 55.2 Å². The van der Waals surface area contributed by atoms with E-state index in [1.807, 2.05) is 80.6 Å². The molecule has 99 heavy (non-hydrogen) atoms. The molecular weight excluding hydrogens is 1440 g/mol. The van der Waals surface area contributed by atoms with Crippen molar-refractivity contribution in [2.24, 2.45) is 0 Å². The molecule has 0 aliphatic carbocycles. The average molecular weight is 1490 g/mol. The van der Waals surface area contributed by atoms with Gasteiger partial charge in [0.15, 0.2) is 0 Å². The maximum atomic E-state index is 12.6. The number of thiazole rings is 4. The van der Waals surface area contributed by atoms with Crippen LogP contribution in [0.25, 0.3) is 84.0 Å². The van der Waals surface area contributed by atoms with Crippen LogP contribution in [0.3, 0.4) is 0 Å². The molecule has 498 valence electrons. The topological polar surface area (TPSA) is 340 Å². The Hall–Kier alpha value is -10.0. The van der Waals surface area contributed by atoms with Gasteiger partial charge in [-0.1, -0.05) is 35.9 Å². The van der Waals surface area contributed by atoms with Crippen LogP contribution < -0.4 is 22.2 Å². The summed E-state index contributed by atoms with van der Waals surface area (Å²) in [6, 6.07) is 25.3. The van der Waals surface area contributed by atoms with Crippen LogP contribution in [0.15, 0.2) is 141 Å². The number of rotatable bonds is 16. The van der Waals surface area contributed by atoms with Crippen molar-refractivity contribution in [3.05, 3.63) is 222 Å². The smallest absolute Gasteiger partial charge is 0.309 e. The number of benzene rings is 4. The van der Waals surface area contributed by atoms with Gasteiger partial charge >= 0.3 is 23.9 Å². The highest BCUT2D eigenvalue weighted by Crippen LogP contribution is 2.30. The summed E-state index contributed by atoms with van der Waals surface area (Å²) in [6.45, 7) is 4.90. The van der Waals surface area contributed by atoms with E-state index in [9.17, 15) is 38.4 Å². The first kappa shape index (κ1) is 67.5. The number of aliphatic carboxylic acids is 4. The van der Waals surface area contributed by atoms with Gasteiger partial charge in [-0.05, 0) is 79.6 Å². The minimum atomic E-state index is -0.986. The third-order valence-electron chi connectivity index (χ3n) is 15.0. The summed E-state index contributed by atoms with van der Waals surface area (Å²) in [7, 11) is 0. The molecule has 16 aromatic rings. The Kier molecular flexibility index (Phi) is 19.7. The second kappa shape index (κ2) is 28.8. The van der Waals surface area contributed by atoms with Crippen molar-refractivity contribution in [2.75, 3.05) is 0 Å². The zero-order valence-corrected chi connectivity index (χ0v) is 58.6. The van der Waals surface area contributed by atoms with Crippen molar-refractivity contribution in [3.63, 3.8) is 0 Å². The Morgan fingerprint density at radius 2 is 0.636 bits per heavy atom. The molecule has 4 aromatic carbocycles. The average Bonchev–Trinajstić information content (AvgIpc) is 1.72. The molecule has 0 fully saturated rings. The third kappa shape index (κ3) is 15.0. The molecule has 0 amide bonds. The van der Waals surface area contributed by atoms with Crippen LogP contribution in [0.1, 0.15) is 53.9 Å². The van der Waals surface area contributed by atoms with Gasteiger partial charge in [-0.2, -0.15) is 65.7 Å². The predicted octanol–water partition coefficient (Wildman–Crippen LogP) is 12.2. The lowest BCUT2D eigenvalue weighted by atomic mass is 10.2. The lowest BCUT2D eigenvalue weighted by molar-refractivity contribution is -0.137. The molecule has 0 spiro atoms. The second-order valence-electron chi connectivity index (χ2n) is 22.2.